The summed E-state index contributed by atoms with van der Waals surface area (Å²) in [6.45, 7) is 1.84. The highest BCUT2D eigenvalue weighted by atomic mass is 19.1. The molecule has 17 heavy (non-hydrogen) atoms. The molecular weight excluding hydrogens is 219 g/mol. The largest absolute Gasteiger partial charge is 0.497 e. The number of nitrogen functional groups attached to an aromatic ring is 1. The van der Waals surface area contributed by atoms with Crippen LogP contribution >= 0.6 is 0 Å². The molecule has 88 valence electrons. The molecule has 2 aromatic rings. The van der Waals surface area contributed by atoms with Crippen molar-refractivity contribution in [1.29, 1.82) is 0 Å². The molecule has 4 heteroatoms. The first-order valence-electron chi connectivity index (χ1n) is 5.18. The molecule has 0 saturated heterocycles. The van der Waals surface area contributed by atoms with Crippen molar-refractivity contribution in [2.75, 3.05) is 12.8 Å². The van der Waals surface area contributed by atoms with Crippen LogP contribution in [0.25, 0.3) is 11.1 Å². The molecule has 0 amide bonds. The number of aryl methyl sites for hydroxylation is 1. The Hall–Kier alpha value is -2.10. The van der Waals surface area contributed by atoms with Gasteiger partial charge in [-0.3, -0.25) is 0 Å². The van der Waals surface area contributed by atoms with E-state index in [9.17, 15) is 4.39 Å². The second kappa shape index (κ2) is 4.41. The van der Waals surface area contributed by atoms with Crippen LogP contribution in [0.15, 0.2) is 30.5 Å². The molecule has 0 saturated carbocycles. The zero-order valence-electron chi connectivity index (χ0n) is 9.70. The molecule has 2 rings (SSSR count). The number of methoxy groups -OCH3 is 1. The molecule has 0 atom stereocenters. The van der Waals surface area contributed by atoms with Gasteiger partial charge in [0, 0.05) is 17.3 Å². The highest BCUT2D eigenvalue weighted by Gasteiger charge is 2.08. The highest BCUT2D eigenvalue weighted by molar-refractivity contribution is 5.67. The zero-order chi connectivity index (χ0) is 12.4. The van der Waals surface area contributed by atoms with Crippen LogP contribution in [0.2, 0.25) is 0 Å². The van der Waals surface area contributed by atoms with Crippen molar-refractivity contribution in [1.82, 2.24) is 4.98 Å². The van der Waals surface area contributed by atoms with Crippen LogP contribution in [0, 0.1) is 12.7 Å². The molecule has 1 heterocycles. The SMILES string of the molecule is COc1ccc(F)c(-c2cnc(N)c(C)c2)c1. The van der Waals surface area contributed by atoms with Gasteiger partial charge in [0.05, 0.1) is 7.11 Å². The molecule has 0 fully saturated rings. The first-order valence-corrected chi connectivity index (χ1v) is 5.18. The van der Waals surface area contributed by atoms with Gasteiger partial charge in [-0.2, -0.15) is 0 Å². The first kappa shape index (κ1) is 11.4. The van der Waals surface area contributed by atoms with Crippen LogP contribution in [0.1, 0.15) is 5.56 Å². The number of pyridine rings is 1. The Morgan fingerprint density at radius 3 is 2.71 bits per heavy atom. The Balaban J connectivity index is 2.55. The number of anilines is 1. The monoisotopic (exact) mass is 232 g/mol. The molecule has 1 aromatic heterocycles. The quantitative estimate of drug-likeness (QED) is 0.866. The molecule has 0 spiro atoms. The molecule has 3 nitrogen and oxygen atoms in total. The van der Waals surface area contributed by atoms with Gasteiger partial charge in [0.1, 0.15) is 17.4 Å². The summed E-state index contributed by atoms with van der Waals surface area (Å²) >= 11 is 0. The summed E-state index contributed by atoms with van der Waals surface area (Å²) in [6.07, 6.45) is 1.56. The van der Waals surface area contributed by atoms with Gasteiger partial charge in [-0.15, -0.1) is 0 Å². The molecule has 0 aliphatic carbocycles. The Labute approximate surface area is 99.1 Å². The number of ether oxygens (including phenoxy) is 1. The topological polar surface area (TPSA) is 48.1 Å². The normalized spacial score (nSPS) is 10.3. The minimum Gasteiger partial charge on any atom is -0.497 e. The maximum Gasteiger partial charge on any atom is 0.131 e. The van der Waals surface area contributed by atoms with E-state index in [1.165, 1.54) is 6.07 Å². The molecule has 0 aliphatic rings. The van der Waals surface area contributed by atoms with Crippen molar-refractivity contribution < 1.29 is 9.13 Å². The summed E-state index contributed by atoms with van der Waals surface area (Å²) in [6, 6.07) is 6.40. The van der Waals surface area contributed by atoms with Crippen LogP contribution in [0.4, 0.5) is 10.2 Å². The van der Waals surface area contributed by atoms with Crippen LogP contribution in [-0.4, -0.2) is 12.1 Å². The Bertz CT molecular complexity index is 555. The Kier molecular flexibility index (Phi) is 2.95. The lowest BCUT2D eigenvalue weighted by atomic mass is 10.1. The molecular formula is C13H13FN2O. The van der Waals surface area contributed by atoms with Crippen molar-refractivity contribution in [2.24, 2.45) is 0 Å². The van der Waals surface area contributed by atoms with E-state index in [4.69, 9.17) is 10.5 Å². The molecule has 0 aliphatic heterocycles. The summed E-state index contributed by atoms with van der Waals surface area (Å²) < 4.78 is 18.8. The van der Waals surface area contributed by atoms with Crippen molar-refractivity contribution in [3.05, 3.63) is 41.8 Å². The number of nitrogens with two attached hydrogens (primary N) is 1. The third kappa shape index (κ3) is 2.20. The van der Waals surface area contributed by atoms with Gasteiger partial charge in [0.2, 0.25) is 0 Å². The van der Waals surface area contributed by atoms with Gasteiger partial charge in [0.25, 0.3) is 0 Å². The maximum absolute atomic E-state index is 13.7. The lowest BCUT2D eigenvalue weighted by Crippen LogP contribution is -1.95. The molecule has 1 aromatic carbocycles. The smallest absolute Gasteiger partial charge is 0.131 e. The molecule has 0 radical (unpaired) electrons. The number of hydrogen-bond acceptors (Lipinski definition) is 3. The summed E-state index contributed by atoms with van der Waals surface area (Å²) in [7, 11) is 1.55. The third-order valence-corrected chi connectivity index (χ3v) is 2.60. The lowest BCUT2D eigenvalue weighted by Gasteiger charge is -2.07. The second-order valence-corrected chi connectivity index (χ2v) is 3.77. The molecule has 0 bridgehead atoms. The zero-order valence-corrected chi connectivity index (χ0v) is 9.70. The number of aromatic nitrogens is 1. The highest BCUT2D eigenvalue weighted by Crippen LogP contribution is 2.27. The second-order valence-electron chi connectivity index (χ2n) is 3.77. The predicted molar refractivity (Wildman–Crippen MR) is 65.3 cm³/mol. The molecule has 2 N–H and O–H groups in total. The van der Waals surface area contributed by atoms with Crippen molar-refractivity contribution in [2.45, 2.75) is 6.92 Å². The van der Waals surface area contributed by atoms with Crippen LogP contribution in [0.5, 0.6) is 5.75 Å². The summed E-state index contributed by atoms with van der Waals surface area (Å²) in [5.41, 5.74) is 7.60. The van der Waals surface area contributed by atoms with Gasteiger partial charge in [-0.05, 0) is 36.8 Å². The fraction of sp³-hybridized carbons (Fsp3) is 0.154. The van der Waals surface area contributed by atoms with Gasteiger partial charge in [-0.1, -0.05) is 0 Å². The van der Waals surface area contributed by atoms with Gasteiger partial charge in [-0.25, -0.2) is 9.37 Å². The van der Waals surface area contributed by atoms with E-state index in [2.05, 4.69) is 4.98 Å². The van der Waals surface area contributed by atoms with E-state index >= 15 is 0 Å². The molecule has 0 unspecified atom stereocenters. The fourth-order valence-corrected chi connectivity index (χ4v) is 1.59. The number of nitrogens with zero attached hydrogens (tertiary/aromatic N) is 1. The van der Waals surface area contributed by atoms with Crippen molar-refractivity contribution >= 4 is 5.82 Å². The van der Waals surface area contributed by atoms with E-state index in [0.717, 1.165) is 5.56 Å². The van der Waals surface area contributed by atoms with Crippen molar-refractivity contribution in [3.63, 3.8) is 0 Å². The summed E-state index contributed by atoms with van der Waals surface area (Å²) in [5, 5.41) is 0. The minimum atomic E-state index is -0.309. The van der Waals surface area contributed by atoms with E-state index in [1.54, 1.807) is 31.5 Å². The average molecular weight is 232 g/mol. The first-order chi connectivity index (χ1) is 8.11. The van der Waals surface area contributed by atoms with Crippen molar-refractivity contribution in [3.8, 4) is 16.9 Å². The summed E-state index contributed by atoms with van der Waals surface area (Å²) in [5.74, 6) is 0.754. The standard InChI is InChI=1S/C13H13FN2O/c1-8-5-9(7-16-13(8)15)11-6-10(17-2)3-4-12(11)14/h3-7H,1-2H3,(H2,15,16). The lowest BCUT2D eigenvalue weighted by molar-refractivity contribution is 0.414. The van der Waals surface area contributed by atoms with Crippen LogP contribution < -0.4 is 10.5 Å². The van der Waals surface area contributed by atoms with Crippen LogP contribution in [0.3, 0.4) is 0 Å². The van der Waals surface area contributed by atoms with Crippen LogP contribution in [-0.2, 0) is 0 Å². The van der Waals surface area contributed by atoms with Gasteiger partial charge in [0.15, 0.2) is 0 Å². The number of halogens is 1. The van der Waals surface area contributed by atoms with Gasteiger partial charge >= 0.3 is 0 Å². The Morgan fingerprint density at radius 2 is 2.06 bits per heavy atom. The fourth-order valence-electron chi connectivity index (χ4n) is 1.59. The summed E-state index contributed by atoms with van der Waals surface area (Å²) in [4.78, 5) is 4.02. The average Bonchev–Trinajstić information content (AvgIpc) is 2.33. The number of hydrogen-bond donors (Lipinski definition) is 1. The third-order valence-electron chi connectivity index (χ3n) is 2.60. The van der Waals surface area contributed by atoms with E-state index in [-0.39, 0.29) is 5.82 Å². The van der Waals surface area contributed by atoms with E-state index in [0.29, 0.717) is 22.7 Å². The number of benzene rings is 1. The number of rotatable bonds is 2. The van der Waals surface area contributed by atoms with Gasteiger partial charge < -0.3 is 10.5 Å². The van der Waals surface area contributed by atoms with E-state index in [1.807, 2.05) is 6.92 Å². The minimum absolute atomic E-state index is 0.309. The maximum atomic E-state index is 13.7. The van der Waals surface area contributed by atoms with E-state index < -0.39 is 0 Å². The Morgan fingerprint density at radius 1 is 1.29 bits per heavy atom. The predicted octanol–water partition coefficient (Wildman–Crippen LogP) is 2.79.